The highest BCUT2D eigenvalue weighted by Crippen LogP contribution is 2.77. The summed E-state index contributed by atoms with van der Waals surface area (Å²) in [5.74, 6) is 3.08. The van der Waals surface area contributed by atoms with Gasteiger partial charge in [0.1, 0.15) is 5.78 Å². The van der Waals surface area contributed by atoms with Crippen molar-refractivity contribution in [1.29, 1.82) is 0 Å². The Kier molecular flexibility index (Phi) is 2.04. The summed E-state index contributed by atoms with van der Waals surface area (Å²) in [7, 11) is 0. The molecule has 110 valence electrons. The summed E-state index contributed by atoms with van der Waals surface area (Å²) in [5, 5.41) is 11.5. The summed E-state index contributed by atoms with van der Waals surface area (Å²) in [6.45, 7) is 2.23. The fourth-order valence-corrected chi connectivity index (χ4v) is 7.49. The van der Waals surface area contributed by atoms with Gasteiger partial charge in [-0.25, -0.2) is 0 Å². The van der Waals surface area contributed by atoms with Crippen LogP contribution >= 0.6 is 0 Å². The van der Waals surface area contributed by atoms with Crippen LogP contribution in [-0.4, -0.2) is 16.5 Å². The monoisotopic (exact) mass is 274 g/mol. The van der Waals surface area contributed by atoms with Crippen LogP contribution in [0, 0.1) is 34.5 Å². The van der Waals surface area contributed by atoms with E-state index >= 15 is 0 Å². The molecule has 5 aliphatic carbocycles. The normalized spacial score (nSPS) is 63.4. The molecule has 2 heteroatoms. The van der Waals surface area contributed by atoms with Crippen LogP contribution in [-0.2, 0) is 4.79 Å². The van der Waals surface area contributed by atoms with Gasteiger partial charge in [-0.1, -0.05) is 6.92 Å². The second-order valence-corrected chi connectivity index (χ2v) is 8.85. The highest BCUT2D eigenvalue weighted by molar-refractivity contribution is 5.87. The lowest BCUT2D eigenvalue weighted by Crippen LogP contribution is -2.57. The zero-order valence-corrected chi connectivity index (χ0v) is 12.5. The van der Waals surface area contributed by atoms with E-state index in [0.717, 1.165) is 38.0 Å². The Bertz CT molecular complexity index is 500. The van der Waals surface area contributed by atoms with E-state index in [1.165, 1.54) is 25.7 Å². The zero-order valence-electron chi connectivity index (χ0n) is 12.5. The Morgan fingerprint density at radius 1 is 1.05 bits per heavy atom. The molecule has 20 heavy (non-hydrogen) atoms. The van der Waals surface area contributed by atoms with Crippen LogP contribution in [0.4, 0.5) is 0 Å². The lowest BCUT2D eigenvalue weighted by atomic mass is 9.50. The summed E-state index contributed by atoms with van der Waals surface area (Å²) < 4.78 is 0. The fourth-order valence-electron chi connectivity index (χ4n) is 7.49. The van der Waals surface area contributed by atoms with Crippen LogP contribution in [0.5, 0.6) is 0 Å². The van der Waals surface area contributed by atoms with E-state index in [1.807, 2.05) is 0 Å². The molecule has 0 bridgehead atoms. The number of carbonyl (C=O) groups excluding carboxylic acids is 1. The molecular formula is C18H26O2. The average Bonchev–Trinajstić information content (AvgIpc) is 2.96. The summed E-state index contributed by atoms with van der Waals surface area (Å²) >= 11 is 0. The van der Waals surface area contributed by atoms with E-state index in [1.54, 1.807) is 0 Å². The summed E-state index contributed by atoms with van der Waals surface area (Å²) in [4.78, 5) is 12.3. The largest absolute Gasteiger partial charge is 0.389 e. The average molecular weight is 274 g/mol. The molecule has 5 saturated carbocycles. The number of hydrogen-bond acceptors (Lipinski definition) is 2. The molecule has 0 aromatic carbocycles. The molecular weight excluding hydrogens is 248 g/mol. The smallest absolute Gasteiger partial charge is 0.139 e. The van der Waals surface area contributed by atoms with E-state index in [-0.39, 0.29) is 11.0 Å². The van der Waals surface area contributed by atoms with Gasteiger partial charge in [-0.15, -0.1) is 0 Å². The van der Waals surface area contributed by atoms with Gasteiger partial charge in [0.05, 0.1) is 5.60 Å². The van der Waals surface area contributed by atoms with Crippen LogP contribution in [0.15, 0.2) is 0 Å². The number of hydrogen-bond donors (Lipinski definition) is 1. The number of carbonyl (C=O) groups is 1. The maximum absolute atomic E-state index is 12.3. The third kappa shape index (κ3) is 1.10. The van der Waals surface area contributed by atoms with E-state index < -0.39 is 0 Å². The number of fused-ring (bicyclic) bond motifs is 4. The Labute approximate surface area is 121 Å². The maximum atomic E-state index is 12.3. The van der Waals surface area contributed by atoms with E-state index in [4.69, 9.17) is 0 Å². The lowest BCUT2D eigenvalue weighted by molar-refractivity contribution is -0.165. The SMILES string of the molecule is C[C@]12CC[C@H]3[C@@H](CCC45C[C@H]4CC[C@@]35O)[C@@H]1CCC2=O. The molecule has 0 aromatic heterocycles. The molecule has 7 atom stereocenters. The van der Waals surface area contributed by atoms with Crippen molar-refractivity contribution in [3.05, 3.63) is 0 Å². The van der Waals surface area contributed by atoms with Crippen molar-refractivity contribution >= 4 is 5.78 Å². The van der Waals surface area contributed by atoms with Crippen LogP contribution in [0.2, 0.25) is 0 Å². The molecule has 1 spiro atoms. The van der Waals surface area contributed by atoms with Crippen molar-refractivity contribution in [1.82, 2.24) is 0 Å². The molecule has 1 unspecified atom stereocenters. The minimum Gasteiger partial charge on any atom is -0.389 e. The Balaban J connectivity index is 1.54. The molecule has 5 aliphatic rings. The summed E-state index contributed by atoms with van der Waals surface area (Å²) in [5.41, 5.74) is -0.0678. The standard InChI is InChI=1S/C18H26O2/c1-16-7-6-14-12(13(16)2-3-15(16)19)5-8-17-10-11(17)4-9-18(14,17)20/h11-14,20H,2-10H2,1H3/t11-,12+,13+,14+,16+,17?,18-/m1/s1. The molecule has 0 heterocycles. The number of ketones is 1. The summed E-state index contributed by atoms with van der Waals surface area (Å²) in [6, 6.07) is 0. The van der Waals surface area contributed by atoms with Gasteiger partial charge in [0.2, 0.25) is 0 Å². The van der Waals surface area contributed by atoms with E-state index in [2.05, 4.69) is 6.92 Å². The minimum absolute atomic E-state index is 0.0381. The van der Waals surface area contributed by atoms with Crippen LogP contribution in [0.3, 0.4) is 0 Å². The predicted octanol–water partition coefficient (Wildman–Crippen LogP) is 3.32. The molecule has 0 radical (unpaired) electrons. The van der Waals surface area contributed by atoms with Gasteiger partial charge in [-0.05, 0) is 75.0 Å². The van der Waals surface area contributed by atoms with Crippen molar-refractivity contribution in [2.75, 3.05) is 0 Å². The second-order valence-electron chi connectivity index (χ2n) is 8.85. The third-order valence-electron chi connectivity index (χ3n) is 8.65. The van der Waals surface area contributed by atoms with Crippen molar-refractivity contribution in [2.24, 2.45) is 34.5 Å². The number of rotatable bonds is 0. The molecule has 0 aliphatic heterocycles. The van der Waals surface area contributed by atoms with Crippen molar-refractivity contribution in [3.63, 3.8) is 0 Å². The van der Waals surface area contributed by atoms with Gasteiger partial charge in [0.15, 0.2) is 0 Å². The van der Waals surface area contributed by atoms with Gasteiger partial charge in [-0.3, -0.25) is 4.79 Å². The number of aliphatic hydroxyl groups is 1. The third-order valence-corrected chi connectivity index (χ3v) is 8.65. The maximum Gasteiger partial charge on any atom is 0.139 e. The van der Waals surface area contributed by atoms with Gasteiger partial charge >= 0.3 is 0 Å². The Morgan fingerprint density at radius 2 is 1.90 bits per heavy atom. The van der Waals surface area contributed by atoms with Crippen molar-refractivity contribution in [2.45, 2.75) is 70.3 Å². The van der Waals surface area contributed by atoms with Crippen LogP contribution in [0.1, 0.15) is 64.7 Å². The Hall–Kier alpha value is -0.370. The second kappa shape index (κ2) is 3.34. The van der Waals surface area contributed by atoms with Gasteiger partial charge in [0, 0.05) is 17.3 Å². The molecule has 0 amide bonds. The molecule has 5 rings (SSSR count). The first-order valence-electron chi connectivity index (χ1n) is 8.77. The van der Waals surface area contributed by atoms with Gasteiger partial charge in [-0.2, -0.15) is 0 Å². The molecule has 5 fully saturated rings. The van der Waals surface area contributed by atoms with Gasteiger partial charge < -0.3 is 5.11 Å². The minimum atomic E-state index is -0.354. The molecule has 1 N–H and O–H groups in total. The number of Topliss-reactive ketones (excluding diaryl/α,β-unsaturated/α-hetero) is 1. The first kappa shape index (κ1) is 12.2. The van der Waals surface area contributed by atoms with E-state index in [9.17, 15) is 9.90 Å². The highest BCUT2D eigenvalue weighted by Gasteiger charge is 2.75. The molecule has 2 nitrogen and oxygen atoms in total. The van der Waals surface area contributed by atoms with Crippen molar-refractivity contribution in [3.8, 4) is 0 Å². The van der Waals surface area contributed by atoms with Crippen LogP contribution in [0.25, 0.3) is 0 Å². The Morgan fingerprint density at radius 3 is 2.70 bits per heavy atom. The quantitative estimate of drug-likeness (QED) is 0.735. The highest BCUT2D eigenvalue weighted by atomic mass is 16.3. The van der Waals surface area contributed by atoms with Crippen LogP contribution < -0.4 is 0 Å². The van der Waals surface area contributed by atoms with Crippen molar-refractivity contribution < 1.29 is 9.90 Å². The molecule has 0 saturated heterocycles. The lowest BCUT2D eigenvalue weighted by Gasteiger charge is -2.56. The molecule has 0 aromatic rings. The first-order valence-corrected chi connectivity index (χ1v) is 8.77. The topological polar surface area (TPSA) is 37.3 Å². The van der Waals surface area contributed by atoms with Gasteiger partial charge in [0.25, 0.3) is 0 Å². The fraction of sp³-hybridized carbons (Fsp3) is 0.944. The summed E-state index contributed by atoms with van der Waals surface area (Å²) in [6.07, 6.45) is 10.2. The zero-order chi connectivity index (χ0) is 13.8. The predicted molar refractivity (Wildman–Crippen MR) is 76.0 cm³/mol. The van der Waals surface area contributed by atoms with E-state index in [0.29, 0.717) is 29.0 Å². The first-order chi connectivity index (χ1) is 9.51.